The van der Waals surface area contributed by atoms with Gasteiger partial charge in [0.05, 0.1) is 46.8 Å². The van der Waals surface area contributed by atoms with Gasteiger partial charge in [0.15, 0.2) is 23.0 Å². The molecule has 1 amide bonds. The largest absolute Gasteiger partial charge is 0.493 e. The average molecular weight is 544 g/mol. The van der Waals surface area contributed by atoms with Crippen LogP contribution in [0.2, 0.25) is 0 Å². The Morgan fingerprint density at radius 3 is 1.79 bits per heavy atom. The first kappa shape index (κ1) is 29.0. The molecule has 0 spiro atoms. The highest BCUT2D eigenvalue weighted by atomic mass is 19.4. The summed E-state index contributed by atoms with van der Waals surface area (Å²) in [6, 6.07) is 11.4. The molecule has 0 saturated carbocycles. The van der Waals surface area contributed by atoms with E-state index < -0.39 is 17.6 Å². The molecule has 39 heavy (non-hydrogen) atoms. The van der Waals surface area contributed by atoms with E-state index in [1.165, 1.54) is 59.8 Å². The summed E-state index contributed by atoms with van der Waals surface area (Å²) in [7, 11) is 7.47. The first-order valence-electron chi connectivity index (χ1n) is 11.5. The van der Waals surface area contributed by atoms with Crippen molar-refractivity contribution in [2.24, 2.45) is 0 Å². The number of hydrogen-bond donors (Lipinski definition) is 1. The molecule has 0 atom stereocenters. The molecular formula is C29H28F3NO6. The Kier molecular flexibility index (Phi) is 9.48. The zero-order valence-electron chi connectivity index (χ0n) is 22.0. The fourth-order valence-corrected chi connectivity index (χ4v) is 3.71. The highest BCUT2D eigenvalue weighted by Crippen LogP contribution is 2.41. The maximum Gasteiger partial charge on any atom is 0.416 e. The molecule has 3 aromatic carbocycles. The van der Waals surface area contributed by atoms with Crippen molar-refractivity contribution in [1.29, 1.82) is 0 Å². The van der Waals surface area contributed by atoms with Gasteiger partial charge in [-0.15, -0.1) is 0 Å². The molecule has 0 radical (unpaired) electrons. The minimum Gasteiger partial charge on any atom is -0.493 e. The molecule has 0 fully saturated rings. The summed E-state index contributed by atoms with van der Waals surface area (Å²) in [4.78, 5) is 12.8. The predicted octanol–water partition coefficient (Wildman–Crippen LogP) is 6.57. The van der Waals surface area contributed by atoms with Gasteiger partial charge in [0.2, 0.25) is 11.7 Å². The molecule has 0 heterocycles. The summed E-state index contributed by atoms with van der Waals surface area (Å²) in [5.74, 6) is 1.57. The Morgan fingerprint density at radius 1 is 0.692 bits per heavy atom. The van der Waals surface area contributed by atoms with Crippen molar-refractivity contribution in [3.8, 4) is 28.7 Å². The van der Waals surface area contributed by atoms with Crippen molar-refractivity contribution >= 4 is 29.8 Å². The maximum atomic E-state index is 12.8. The van der Waals surface area contributed by atoms with Gasteiger partial charge < -0.3 is 29.0 Å². The van der Waals surface area contributed by atoms with E-state index in [4.69, 9.17) is 23.7 Å². The molecule has 10 heteroatoms. The molecule has 0 aliphatic rings. The summed E-state index contributed by atoms with van der Waals surface area (Å²) in [5.41, 5.74) is 1.33. The van der Waals surface area contributed by atoms with Gasteiger partial charge in [0.25, 0.3) is 0 Å². The minimum absolute atomic E-state index is 0.292. The lowest BCUT2D eigenvalue weighted by Gasteiger charge is -2.16. The standard InChI is InChI=1S/C29H28F3NO6/c1-35-22-14-11-20(10-6-19-16-23(36-2)27(38-4)24(17-19)37-3)26(28(22)39-5)33-25(34)15-9-18-7-12-21(13-8-18)29(30,31)32/h6-17H,1-5H3,(H,33,34)/b10-6+,15-9+. The van der Waals surface area contributed by atoms with Gasteiger partial charge in [-0.05, 0) is 53.6 Å². The Balaban J connectivity index is 1.93. The van der Waals surface area contributed by atoms with Gasteiger partial charge in [-0.25, -0.2) is 0 Å². The van der Waals surface area contributed by atoms with Gasteiger partial charge in [0, 0.05) is 11.6 Å². The number of anilines is 1. The van der Waals surface area contributed by atoms with E-state index >= 15 is 0 Å². The molecule has 1 N–H and O–H groups in total. The van der Waals surface area contributed by atoms with Crippen LogP contribution in [0.1, 0.15) is 22.3 Å². The zero-order valence-corrected chi connectivity index (χ0v) is 22.0. The second-order valence-electron chi connectivity index (χ2n) is 8.00. The van der Waals surface area contributed by atoms with E-state index in [2.05, 4.69) is 5.32 Å². The van der Waals surface area contributed by atoms with Crippen molar-refractivity contribution in [2.45, 2.75) is 6.18 Å². The van der Waals surface area contributed by atoms with Crippen LogP contribution in [0.3, 0.4) is 0 Å². The topological polar surface area (TPSA) is 75.2 Å². The molecule has 7 nitrogen and oxygen atoms in total. The zero-order chi connectivity index (χ0) is 28.6. The smallest absolute Gasteiger partial charge is 0.416 e. The van der Waals surface area contributed by atoms with Gasteiger partial charge >= 0.3 is 6.18 Å². The number of halogens is 3. The second kappa shape index (κ2) is 12.8. The number of carbonyl (C=O) groups excluding carboxylic acids is 1. The van der Waals surface area contributed by atoms with E-state index in [-0.39, 0.29) is 0 Å². The van der Waals surface area contributed by atoms with Crippen LogP contribution in [0.4, 0.5) is 18.9 Å². The monoisotopic (exact) mass is 543 g/mol. The van der Waals surface area contributed by atoms with Gasteiger partial charge in [-0.1, -0.05) is 24.3 Å². The fraction of sp³-hybridized carbons (Fsp3) is 0.207. The molecule has 3 aromatic rings. The summed E-state index contributed by atoms with van der Waals surface area (Å²) < 4.78 is 65.5. The number of nitrogens with one attached hydrogen (secondary N) is 1. The minimum atomic E-state index is -4.44. The Hall–Kier alpha value is -4.60. The number of ether oxygens (including phenoxy) is 5. The average Bonchev–Trinajstić information content (AvgIpc) is 2.94. The van der Waals surface area contributed by atoms with Crippen molar-refractivity contribution < 1.29 is 41.7 Å². The molecule has 0 aromatic heterocycles. The quantitative estimate of drug-likeness (QED) is 0.230. The van der Waals surface area contributed by atoms with Crippen molar-refractivity contribution in [1.82, 2.24) is 0 Å². The van der Waals surface area contributed by atoms with E-state index in [1.807, 2.05) is 0 Å². The van der Waals surface area contributed by atoms with Crippen molar-refractivity contribution in [2.75, 3.05) is 40.9 Å². The number of hydrogen-bond acceptors (Lipinski definition) is 6. The Labute approximate surface area is 224 Å². The number of alkyl halides is 3. The van der Waals surface area contributed by atoms with Gasteiger partial charge in [0.1, 0.15) is 0 Å². The van der Waals surface area contributed by atoms with E-state index in [1.54, 1.807) is 36.4 Å². The van der Waals surface area contributed by atoms with Crippen LogP contribution in [0.25, 0.3) is 18.2 Å². The maximum absolute atomic E-state index is 12.8. The summed E-state index contributed by atoms with van der Waals surface area (Å²) >= 11 is 0. The summed E-state index contributed by atoms with van der Waals surface area (Å²) in [5, 5.41) is 2.78. The van der Waals surface area contributed by atoms with E-state index in [0.717, 1.165) is 17.7 Å². The molecule has 0 saturated heterocycles. The van der Waals surface area contributed by atoms with Gasteiger partial charge in [-0.2, -0.15) is 13.2 Å². The number of benzene rings is 3. The molecule has 206 valence electrons. The number of rotatable bonds is 10. The molecule has 0 unspecified atom stereocenters. The summed E-state index contributed by atoms with van der Waals surface area (Å²) in [6.07, 6.45) is 1.74. The second-order valence-corrected chi connectivity index (χ2v) is 8.00. The van der Waals surface area contributed by atoms with E-state index in [9.17, 15) is 18.0 Å². The van der Waals surface area contributed by atoms with Crippen molar-refractivity contribution in [3.63, 3.8) is 0 Å². The third-order valence-corrected chi connectivity index (χ3v) is 5.63. The SMILES string of the molecule is COc1cc(/C=C/c2ccc(OC)c(OC)c2NC(=O)/C=C/c2ccc(C(F)(F)F)cc2)cc(OC)c1OC. The molecule has 0 aliphatic heterocycles. The highest BCUT2D eigenvalue weighted by Gasteiger charge is 2.29. The first-order valence-corrected chi connectivity index (χ1v) is 11.5. The lowest BCUT2D eigenvalue weighted by atomic mass is 10.1. The normalized spacial score (nSPS) is 11.5. The molecular weight excluding hydrogens is 515 g/mol. The summed E-state index contributed by atoms with van der Waals surface area (Å²) in [6.45, 7) is 0. The highest BCUT2D eigenvalue weighted by molar-refractivity contribution is 6.04. The number of amides is 1. The van der Waals surface area contributed by atoms with Crippen LogP contribution in [0.5, 0.6) is 28.7 Å². The third-order valence-electron chi connectivity index (χ3n) is 5.63. The number of carbonyl (C=O) groups is 1. The lowest BCUT2D eigenvalue weighted by Crippen LogP contribution is -2.11. The molecule has 0 aliphatic carbocycles. The van der Waals surface area contributed by atoms with Crippen LogP contribution in [0, 0.1) is 0 Å². The van der Waals surface area contributed by atoms with Crippen molar-refractivity contribution in [3.05, 3.63) is 76.9 Å². The van der Waals surface area contributed by atoms with Gasteiger partial charge in [-0.3, -0.25) is 4.79 Å². The Morgan fingerprint density at radius 2 is 1.28 bits per heavy atom. The lowest BCUT2D eigenvalue weighted by molar-refractivity contribution is -0.137. The molecule has 0 bridgehead atoms. The van der Waals surface area contributed by atoms with Crippen LogP contribution in [-0.4, -0.2) is 41.5 Å². The van der Waals surface area contributed by atoms with E-state index in [0.29, 0.717) is 45.6 Å². The fourth-order valence-electron chi connectivity index (χ4n) is 3.71. The molecule has 3 rings (SSSR count). The third kappa shape index (κ3) is 7.04. The van der Waals surface area contributed by atoms with Crippen LogP contribution in [-0.2, 0) is 11.0 Å². The predicted molar refractivity (Wildman–Crippen MR) is 144 cm³/mol. The Bertz CT molecular complexity index is 1340. The van der Waals surface area contributed by atoms with Crippen LogP contribution < -0.4 is 29.0 Å². The number of methoxy groups -OCH3 is 5. The first-order chi connectivity index (χ1) is 18.6. The van der Waals surface area contributed by atoms with Crippen LogP contribution in [0.15, 0.2) is 54.6 Å². The van der Waals surface area contributed by atoms with Crippen LogP contribution >= 0.6 is 0 Å².